The maximum absolute atomic E-state index is 10.3. The normalized spacial score (nSPS) is 19.7. The zero-order chi connectivity index (χ0) is 8.27. The van der Waals surface area contributed by atoms with Gasteiger partial charge in [0, 0.05) is 26.2 Å². The van der Waals surface area contributed by atoms with Gasteiger partial charge in [-0.15, -0.1) is 0 Å². The summed E-state index contributed by atoms with van der Waals surface area (Å²) in [6, 6.07) is 0. The fraction of sp³-hybridized carbons (Fsp3) is 0.800. The zero-order valence-electron chi connectivity index (χ0n) is 6.16. The number of rotatable bonds is 1. The molecule has 0 atom stereocenters. The van der Waals surface area contributed by atoms with E-state index in [4.69, 9.17) is 10.9 Å². The molecular weight excluding hydrogens is 148 g/mol. The highest BCUT2D eigenvalue weighted by Gasteiger charge is 2.18. The fourth-order valence-electron chi connectivity index (χ4n) is 0.989. The van der Waals surface area contributed by atoms with Crippen LogP contribution < -0.4 is 11.2 Å². The van der Waals surface area contributed by atoms with E-state index in [0.717, 1.165) is 18.2 Å². The highest BCUT2D eigenvalue weighted by molar-refractivity contribution is 5.63. The van der Waals surface area contributed by atoms with E-state index in [1.54, 1.807) is 5.01 Å². The minimum atomic E-state index is -1.12. The molecule has 1 rings (SSSR count). The molecule has 6 heteroatoms. The van der Waals surface area contributed by atoms with E-state index in [1.165, 1.54) is 0 Å². The summed E-state index contributed by atoms with van der Waals surface area (Å²) in [6.45, 7) is 2.84. The first-order valence-corrected chi connectivity index (χ1v) is 3.45. The van der Waals surface area contributed by atoms with E-state index in [0.29, 0.717) is 13.1 Å². The third-order valence-electron chi connectivity index (χ3n) is 1.59. The Morgan fingerprint density at radius 3 is 2.55 bits per heavy atom. The summed E-state index contributed by atoms with van der Waals surface area (Å²) in [5, 5.41) is 13.9. The van der Waals surface area contributed by atoms with Gasteiger partial charge in [0.2, 0.25) is 0 Å². The number of hydrogen-bond acceptors (Lipinski definition) is 4. The maximum Gasteiger partial charge on any atom is 0.436 e. The number of nitrogens with zero attached hydrogens (tertiary/aromatic N) is 2. The van der Waals surface area contributed by atoms with Crippen molar-refractivity contribution < 1.29 is 9.90 Å². The van der Waals surface area contributed by atoms with Gasteiger partial charge in [0.1, 0.15) is 0 Å². The van der Waals surface area contributed by atoms with E-state index in [9.17, 15) is 4.79 Å². The number of carboxylic acid groups (broad SMARTS) is 1. The quantitative estimate of drug-likeness (QED) is 0.251. The predicted molar refractivity (Wildman–Crippen MR) is 38.5 cm³/mol. The second-order valence-corrected chi connectivity index (χ2v) is 2.33. The molecule has 0 unspecified atom stereocenters. The Balaban J connectivity index is 2.38. The standard InChI is InChI=1S/C5H12N4O2/c6-9(5(10)11)8-3-1-7-2-4-8/h7H,1-4,6H2,(H,10,11). The molecule has 0 saturated carbocycles. The number of carbonyl (C=O) groups is 1. The lowest BCUT2D eigenvalue weighted by Crippen LogP contribution is -2.57. The van der Waals surface area contributed by atoms with Crippen LogP contribution in [-0.4, -0.2) is 47.5 Å². The first kappa shape index (κ1) is 8.25. The Hall–Kier alpha value is -0.850. The maximum atomic E-state index is 10.3. The van der Waals surface area contributed by atoms with Crippen LogP contribution in [0, 0.1) is 0 Å². The molecule has 1 aliphatic rings. The number of nitrogens with two attached hydrogens (primary N) is 1. The van der Waals surface area contributed by atoms with Crippen LogP contribution in [-0.2, 0) is 0 Å². The monoisotopic (exact) mass is 160 g/mol. The second kappa shape index (κ2) is 3.51. The lowest BCUT2D eigenvalue weighted by Gasteiger charge is -2.31. The Labute approximate surface area is 64.5 Å². The van der Waals surface area contributed by atoms with Crippen LogP contribution in [0.5, 0.6) is 0 Å². The summed E-state index contributed by atoms with van der Waals surface area (Å²) in [7, 11) is 0. The van der Waals surface area contributed by atoms with E-state index >= 15 is 0 Å². The number of hydrogen-bond donors (Lipinski definition) is 3. The summed E-state index contributed by atoms with van der Waals surface area (Å²) in [5.41, 5.74) is 0. The van der Waals surface area contributed by atoms with Crippen molar-refractivity contribution in [2.24, 2.45) is 5.84 Å². The molecule has 11 heavy (non-hydrogen) atoms. The molecule has 0 radical (unpaired) electrons. The van der Waals surface area contributed by atoms with E-state index in [1.807, 2.05) is 0 Å². The molecule has 0 aromatic carbocycles. The molecule has 1 heterocycles. The van der Waals surface area contributed by atoms with Crippen LogP contribution in [0.15, 0.2) is 0 Å². The summed E-state index contributed by atoms with van der Waals surface area (Å²) < 4.78 is 0. The number of hydrazine groups is 2. The van der Waals surface area contributed by atoms with Crippen molar-refractivity contribution in [3.8, 4) is 0 Å². The van der Waals surface area contributed by atoms with Crippen LogP contribution in [0.1, 0.15) is 0 Å². The third-order valence-corrected chi connectivity index (χ3v) is 1.59. The molecule has 0 spiro atoms. The lowest BCUT2D eigenvalue weighted by molar-refractivity contribution is -0.0182. The summed E-state index contributed by atoms with van der Waals surface area (Å²) in [5.74, 6) is 5.22. The van der Waals surface area contributed by atoms with Crippen LogP contribution >= 0.6 is 0 Å². The van der Waals surface area contributed by atoms with Gasteiger partial charge < -0.3 is 10.4 Å². The van der Waals surface area contributed by atoms with Crippen molar-refractivity contribution in [2.75, 3.05) is 26.2 Å². The molecule has 1 amide bonds. The van der Waals surface area contributed by atoms with E-state index in [-0.39, 0.29) is 0 Å². The Morgan fingerprint density at radius 2 is 2.09 bits per heavy atom. The van der Waals surface area contributed by atoms with Crippen molar-refractivity contribution in [2.45, 2.75) is 0 Å². The Morgan fingerprint density at radius 1 is 1.55 bits per heavy atom. The van der Waals surface area contributed by atoms with Gasteiger partial charge in [-0.05, 0) is 0 Å². The average molecular weight is 160 g/mol. The van der Waals surface area contributed by atoms with Gasteiger partial charge in [-0.25, -0.2) is 10.6 Å². The van der Waals surface area contributed by atoms with Crippen LogP contribution in [0.3, 0.4) is 0 Å². The van der Waals surface area contributed by atoms with Gasteiger partial charge in [0.15, 0.2) is 0 Å². The summed E-state index contributed by atoms with van der Waals surface area (Å²) in [4.78, 5) is 10.3. The number of piperazine rings is 1. The van der Waals surface area contributed by atoms with Gasteiger partial charge in [0.25, 0.3) is 0 Å². The molecule has 1 fully saturated rings. The first-order valence-electron chi connectivity index (χ1n) is 3.45. The van der Waals surface area contributed by atoms with Crippen molar-refractivity contribution in [1.29, 1.82) is 0 Å². The first-order chi connectivity index (χ1) is 5.22. The minimum absolute atomic E-state index is 0.642. The molecule has 1 saturated heterocycles. The van der Waals surface area contributed by atoms with Crippen molar-refractivity contribution in [1.82, 2.24) is 15.4 Å². The van der Waals surface area contributed by atoms with Crippen LogP contribution in [0.25, 0.3) is 0 Å². The smallest absolute Gasteiger partial charge is 0.436 e. The second-order valence-electron chi connectivity index (χ2n) is 2.33. The lowest BCUT2D eigenvalue weighted by atomic mass is 10.4. The Bertz CT molecular complexity index is 145. The van der Waals surface area contributed by atoms with Gasteiger partial charge in [-0.3, -0.25) is 0 Å². The predicted octanol–water partition coefficient (Wildman–Crippen LogP) is -1.34. The van der Waals surface area contributed by atoms with Crippen LogP contribution in [0.2, 0.25) is 0 Å². The molecule has 6 nitrogen and oxygen atoms in total. The number of nitrogens with one attached hydrogen (secondary N) is 1. The van der Waals surface area contributed by atoms with E-state index in [2.05, 4.69) is 5.32 Å². The SMILES string of the molecule is NN(C(=O)O)N1CCNCC1. The highest BCUT2D eigenvalue weighted by atomic mass is 16.4. The fourth-order valence-corrected chi connectivity index (χ4v) is 0.989. The van der Waals surface area contributed by atoms with Gasteiger partial charge >= 0.3 is 6.09 Å². The molecule has 0 aromatic rings. The topological polar surface area (TPSA) is 81.8 Å². The van der Waals surface area contributed by atoms with Gasteiger partial charge in [-0.2, -0.15) is 10.1 Å². The molecule has 0 aliphatic carbocycles. The molecule has 1 aliphatic heterocycles. The molecular formula is C5H12N4O2. The van der Waals surface area contributed by atoms with Crippen molar-refractivity contribution in [3.63, 3.8) is 0 Å². The van der Waals surface area contributed by atoms with E-state index < -0.39 is 6.09 Å². The van der Waals surface area contributed by atoms with Crippen molar-refractivity contribution in [3.05, 3.63) is 0 Å². The van der Waals surface area contributed by atoms with Crippen molar-refractivity contribution >= 4 is 6.09 Å². The van der Waals surface area contributed by atoms with Crippen LogP contribution in [0.4, 0.5) is 4.79 Å². The third kappa shape index (κ3) is 2.04. The molecule has 0 bridgehead atoms. The number of amides is 1. The average Bonchev–Trinajstić information content (AvgIpc) is 2.05. The van der Waals surface area contributed by atoms with Gasteiger partial charge in [-0.1, -0.05) is 0 Å². The van der Waals surface area contributed by atoms with Gasteiger partial charge in [0.05, 0.1) is 0 Å². The molecule has 0 aromatic heterocycles. The largest absolute Gasteiger partial charge is 0.463 e. The highest BCUT2D eigenvalue weighted by Crippen LogP contribution is 1.94. The zero-order valence-corrected chi connectivity index (χ0v) is 6.16. The summed E-state index contributed by atoms with van der Waals surface area (Å²) >= 11 is 0. The molecule has 64 valence electrons. The summed E-state index contributed by atoms with van der Waals surface area (Å²) in [6.07, 6.45) is -1.12. The minimum Gasteiger partial charge on any atom is -0.463 e. The Kier molecular flexibility index (Phi) is 2.64. The molecule has 4 N–H and O–H groups in total.